The molecule has 0 bridgehead atoms. The van der Waals surface area contributed by atoms with Gasteiger partial charge in [-0.1, -0.05) is 85.8 Å². The second-order valence-electron chi connectivity index (χ2n) is 8.97. The number of fused-ring (bicyclic) bond motifs is 1. The number of ether oxygens (including phenoxy) is 4. The summed E-state index contributed by atoms with van der Waals surface area (Å²) < 4.78 is 20.7. The molecule has 0 heterocycles. The lowest BCUT2D eigenvalue weighted by molar-refractivity contribution is 0.150. The van der Waals surface area contributed by atoms with Crippen LogP contribution < -0.4 is 18.9 Å². The Morgan fingerprint density at radius 2 is 0.800 bits per heavy atom. The summed E-state index contributed by atoms with van der Waals surface area (Å²) in [4.78, 5) is 23.9. The molecule has 6 rings (SSSR count). The van der Waals surface area contributed by atoms with Crippen molar-refractivity contribution in [2.45, 2.75) is 12.8 Å². The number of hydrogen-bond donors (Lipinski definition) is 0. The molecule has 6 heteroatoms. The molecular formula is C34H26O6. The van der Waals surface area contributed by atoms with Gasteiger partial charge in [-0.2, -0.15) is 0 Å². The summed E-state index contributed by atoms with van der Waals surface area (Å²) in [7, 11) is 0. The van der Waals surface area contributed by atoms with Crippen LogP contribution in [0.4, 0.5) is 9.59 Å². The number of para-hydroxylation sites is 2. The quantitative estimate of drug-likeness (QED) is 0.158. The molecule has 0 atom stereocenters. The number of hydrogen-bond acceptors (Lipinski definition) is 6. The molecule has 2 aliphatic rings. The van der Waals surface area contributed by atoms with Crippen LogP contribution in [0.2, 0.25) is 0 Å². The van der Waals surface area contributed by atoms with Crippen molar-refractivity contribution in [3.05, 3.63) is 145 Å². The van der Waals surface area contributed by atoms with Crippen LogP contribution in [-0.2, 0) is 0 Å². The lowest BCUT2D eigenvalue weighted by atomic mass is 9.93. The van der Waals surface area contributed by atoms with Crippen molar-refractivity contribution in [1.29, 1.82) is 0 Å². The summed E-state index contributed by atoms with van der Waals surface area (Å²) in [5, 5.41) is 0. The standard InChI is InChI=1S/C28H22O6.C6H4/c1-20(21-12-16-25(17-13-21)33-27(29)31-23-8-4-2-5-9-23)22-14-18-26(19-15-22)34-28(30)32-24-10-6-3-7-11-24;1-2-5-4-6(5)3-1/h2-20H,1H3;1-4H. The molecule has 198 valence electrons. The Hall–Kier alpha value is -5.36. The lowest BCUT2D eigenvalue weighted by Crippen LogP contribution is -2.13. The summed E-state index contributed by atoms with van der Waals surface area (Å²) in [6, 6.07) is 40.3. The molecule has 0 unspecified atom stereocenters. The topological polar surface area (TPSA) is 71.1 Å². The highest BCUT2D eigenvalue weighted by atomic mass is 16.7. The van der Waals surface area contributed by atoms with E-state index in [0.29, 0.717) is 23.0 Å². The van der Waals surface area contributed by atoms with Crippen molar-refractivity contribution in [2.24, 2.45) is 0 Å². The van der Waals surface area contributed by atoms with Crippen molar-refractivity contribution in [1.82, 2.24) is 0 Å². The third kappa shape index (κ3) is 7.36. The van der Waals surface area contributed by atoms with Gasteiger partial charge in [-0.05, 0) is 76.9 Å². The first-order valence-electron chi connectivity index (χ1n) is 12.7. The molecule has 4 aromatic rings. The van der Waals surface area contributed by atoms with Crippen molar-refractivity contribution >= 4 is 12.3 Å². The second kappa shape index (κ2) is 12.5. The average Bonchev–Trinajstić information content (AvgIpc) is 3.58. The number of benzene rings is 5. The fourth-order valence-corrected chi connectivity index (χ4v) is 3.92. The van der Waals surface area contributed by atoms with Crippen LogP contribution in [0.3, 0.4) is 0 Å². The van der Waals surface area contributed by atoms with Crippen molar-refractivity contribution in [2.75, 3.05) is 0 Å². The zero-order chi connectivity index (χ0) is 27.7. The number of rotatable bonds is 6. The molecule has 0 saturated carbocycles. The largest absolute Gasteiger partial charge is 0.519 e. The van der Waals surface area contributed by atoms with E-state index in [1.54, 1.807) is 72.8 Å². The Bertz CT molecular complexity index is 1450. The van der Waals surface area contributed by atoms with E-state index in [4.69, 9.17) is 18.9 Å². The third-order valence-corrected chi connectivity index (χ3v) is 6.16. The van der Waals surface area contributed by atoms with Gasteiger partial charge in [0.2, 0.25) is 0 Å². The smallest absolute Gasteiger partial charge is 0.395 e. The van der Waals surface area contributed by atoms with Crippen molar-refractivity contribution in [3.8, 4) is 34.1 Å². The first-order chi connectivity index (χ1) is 19.5. The lowest BCUT2D eigenvalue weighted by Gasteiger charge is -2.14. The fraction of sp³-hybridized carbons (Fsp3) is 0.0588. The summed E-state index contributed by atoms with van der Waals surface area (Å²) in [5.74, 6) is 1.67. The minimum atomic E-state index is -0.798. The van der Waals surface area contributed by atoms with Gasteiger partial charge in [0, 0.05) is 5.92 Å². The summed E-state index contributed by atoms with van der Waals surface area (Å²) in [6.07, 6.45) is -1.60. The van der Waals surface area contributed by atoms with Gasteiger partial charge in [0.05, 0.1) is 0 Å². The van der Waals surface area contributed by atoms with Crippen molar-refractivity contribution in [3.63, 3.8) is 0 Å². The van der Waals surface area contributed by atoms with E-state index in [1.807, 2.05) is 36.4 Å². The van der Waals surface area contributed by atoms with Crippen molar-refractivity contribution < 1.29 is 28.5 Å². The normalized spacial score (nSPS) is 10.6. The molecule has 0 radical (unpaired) electrons. The molecule has 0 amide bonds. The van der Waals surface area contributed by atoms with Gasteiger partial charge in [0.1, 0.15) is 23.0 Å². The van der Waals surface area contributed by atoms with E-state index in [9.17, 15) is 9.59 Å². The summed E-state index contributed by atoms with van der Waals surface area (Å²) in [5.41, 5.74) is 4.91. The van der Waals surface area contributed by atoms with E-state index in [1.165, 1.54) is 11.1 Å². The summed E-state index contributed by atoms with van der Waals surface area (Å²) >= 11 is 0. The maximum atomic E-state index is 11.9. The van der Waals surface area contributed by atoms with Crippen LogP contribution in [0.15, 0.2) is 133 Å². The van der Waals surface area contributed by atoms with Crippen LogP contribution in [-0.4, -0.2) is 12.3 Å². The molecule has 40 heavy (non-hydrogen) atoms. The van der Waals surface area contributed by atoms with Gasteiger partial charge in [-0.25, -0.2) is 9.59 Å². The molecule has 6 nitrogen and oxygen atoms in total. The highest BCUT2D eigenvalue weighted by Crippen LogP contribution is 2.32. The van der Waals surface area contributed by atoms with Gasteiger partial charge in [-0.15, -0.1) is 0 Å². The van der Waals surface area contributed by atoms with Gasteiger partial charge in [0.25, 0.3) is 0 Å². The zero-order valence-corrected chi connectivity index (χ0v) is 21.7. The number of carbonyl (C=O) groups excluding carboxylic acids is 2. The Kier molecular flexibility index (Phi) is 8.18. The Morgan fingerprint density at radius 3 is 1.10 bits per heavy atom. The molecule has 0 N–H and O–H groups in total. The Morgan fingerprint density at radius 1 is 0.450 bits per heavy atom. The zero-order valence-electron chi connectivity index (χ0n) is 21.7. The second-order valence-corrected chi connectivity index (χ2v) is 8.97. The molecule has 2 aliphatic carbocycles. The monoisotopic (exact) mass is 530 g/mol. The average molecular weight is 531 g/mol. The maximum absolute atomic E-state index is 11.9. The van der Waals surface area contributed by atoms with Crippen LogP contribution in [0.5, 0.6) is 23.0 Å². The first kappa shape index (κ1) is 26.3. The van der Waals surface area contributed by atoms with E-state index >= 15 is 0 Å². The predicted molar refractivity (Wildman–Crippen MR) is 152 cm³/mol. The van der Waals surface area contributed by atoms with Crippen LogP contribution in [0, 0.1) is 0 Å². The SMILES string of the molecule is CC(c1ccc(OC(=O)Oc2ccccc2)cc1)c1ccc(OC(=O)Oc2ccccc2)cc1.c1cc2cc-2c1. The first-order valence-corrected chi connectivity index (χ1v) is 12.7. The summed E-state index contributed by atoms with van der Waals surface area (Å²) in [6.45, 7) is 2.05. The van der Waals surface area contributed by atoms with Crippen LogP contribution in [0.1, 0.15) is 24.0 Å². The minimum Gasteiger partial charge on any atom is -0.395 e. The molecule has 0 aromatic heterocycles. The van der Waals surface area contributed by atoms with Gasteiger partial charge in [-0.3, -0.25) is 0 Å². The maximum Gasteiger partial charge on any atom is 0.519 e. The van der Waals surface area contributed by atoms with Crippen LogP contribution >= 0.6 is 0 Å². The molecule has 4 aromatic carbocycles. The van der Waals surface area contributed by atoms with Crippen LogP contribution in [0.25, 0.3) is 11.1 Å². The van der Waals surface area contributed by atoms with Gasteiger partial charge >= 0.3 is 12.3 Å². The van der Waals surface area contributed by atoms with E-state index in [-0.39, 0.29) is 5.92 Å². The Labute approximate surface area is 232 Å². The molecule has 0 aliphatic heterocycles. The predicted octanol–water partition coefficient (Wildman–Crippen LogP) is 8.66. The third-order valence-electron chi connectivity index (χ3n) is 6.16. The van der Waals surface area contributed by atoms with E-state index < -0.39 is 12.3 Å². The fourth-order valence-electron chi connectivity index (χ4n) is 3.92. The van der Waals surface area contributed by atoms with E-state index in [0.717, 1.165) is 11.1 Å². The van der Waals surface area contributed by atoms with Gasteiger partial charge in [0.15, 0.2) is 0 Å². The highest BCUT2D eigenvalue weighted by Gasteiger charge is 2.13. The highest BCUT2D eigenvalue weighted by molar-refractivity contribution is 5.80. The Balaban J connectivity index is 0.000000467. The molecule has 0 fully saturated rings. The van der Waals surface area contributed by atoms with Gasteiger partial charge < -0.3 is 18.9 Å². The minimum absolute atomic E-state index is 0.0654. The molecule has 0 saturated heterocycles. The molecular weight excluding hydrogens is 504 g/mol. The van der Waals surface area contributed by atoms with E-state index in [2.05, 4.69) is 31.2 Å². The molecule has 0 spiro atoms. The number of carbonyl (C=O) groups is 2.